The minimum absolute atomic E-state index is 0.813. The van der Waals surface area contributed by atoms with Gasteiger partial charge >= 0.3 is 0 Å². The number of rotatable bonds is 7. The van der Waals surface area contributed by atoms with Gasteiger partial charge in [0, 0.05) is 16.5 Å². The fourth-order valence-electron chi connectivity index (χ4n) is 1.78. The summed E-state index contributed by atoms with van der Waals surface area (Å²) in [5, 5.41) is 4.23. The molecule has 2 aromatic rings. The van der Waals surface area contributed by atoms with Crippen molar-refractivity contribution in [3.63, 3.8) is 0 Å². The van der Waals surface area contributed by atoms with E-state index in [0.717, 1.165) is 36.0 Å². The van der Waals surface area contributed by atoms with Gasteiger partial charge in [-0.2, -0.15) is 0 Å². The lowest BCUT2D eigenvalue weighted by molar-refractivity contribution is 0.530. The van der Waals surface area contributed by atoms with E-state index in [2.05, 4.69) is 18.3 Å². The van der Waals surface area contributed by atoms with Gasteiger partial charge in [-0.25, -0.2) is 0 Å². The molecule has 4 heteroatoms. The molecule has 2 rings (SSSR count). The molecule has 0 radical (unpaired) electrons. The van der Waals surface area contributed by atoms with Crippen LogP contribution in [-0.2, 0) is 12.3 Å². The Kier molecular flexibility index (Phi) is 5.83. The van der Waals surface area contributed by atoms with E-state index in [1.807, 2.05) is 24.3 Å². The molecule has 0 aliphatic heterocycles. The molecule has 0 aliphatic rings. The number of halogens is 1. The fraction of sp³-hybridized carbons (Fsp3) is 0.333. The number of benzene rings is 1. The van der Waals surface area contributed by atoms with Crippen molar-refractivity contribution in [1.29, 1.82) is 0 Å². The summed E-state index contributed by atoms with van der Waals surface area (Å²) in [5.41, 5.74) is 1.18. The molecular formula is C15H18ClNOS. The molecular weight excluding hydrogens is 278 g/mol. The standard InChI is InChI=1S/C15H18ClNOS/c1-2-8-17-10-13-14(16)6-3-7-15(13)19-11-12-5-4-9-18-12/h3-7,9,17H,2,8,10-11H2,1H3. The molecule has 0 bridgehead atoms. The van der Waals surface area contributed by atoms with Crippen molar-refractivity contribution in [2.24, 2.45) is 0 Å². The minimum Gasteiger partial charge on any atom is -0.468 e. The van der Waals surface area contributed by atoms with Crippen molar-refractivity contribution in [3.8, 4) is 0 Å². The van der Waals surface area contributed by atoms with Crippen LogP contribution in [0.4, 0.5) is 0 Å². The highest BCUT2D eigenvalue weighted by Crippen LogP contribution is 2.30. The van der Waals surface area contributed by atoms with Gasteiger partial charge in [0.05, 0.1) is 12.0 Å². The predicted octanol–water partition coefficient (Wildman–Crippen LogP) is 4.72. The Bertz CT molecular complexity index is 499. The van der Waals surface area contributed by atoms with E-state index in [0.29, 0.717) is 0 Å². The Morgan fingerprint density at radius 3 is 2.89 bits per heavy atom. The van der Waals surface area contributed by atoms with Gasteiger partial charge in [-0.05, 0) is 42.8 Å². The fourth-order valence-corrected chi connectivity index (χ4v) is 3.07. The van der Waals surface area contributed by atoms with Gasteiger partial charge in [0.25, 0.3) is 0 Å². The summed E-state index contributed by atoms with van der Waals surface area (Å²) < 4.78 is 5.35. The normalized spacial score (nSPS) is 10.8. The molecule has 0 saturated carbocycles. The van der Waals surface area contributed by atoms with Crippen molar-refractivity contribution < 1.29 is 4.42 Å². The Labute approximate surface area is 123 Å². The van der Waals surface area contributed by atoms with Crippen LogP contribution in [0.2, 0.25) is 5.02 Å². The summed E-state index contributed by atoms with van der Waals surface area (Å²) in [6.45, 7) is 3.98. The van der Waals surface area contributed by atoms with Crippen molar-refractivity contribution >= 4 is 23.4 Å². The largest absolute Gasteiger partial charge is 0.468 e. The van der Waals surface area contributed by atoms with Crippen molar-refractivity contribution in [2.45, 2.75) is 30.5 Å². The predicted molar refractivity (Wildman–Crippen MR) is 81.7 cm³/mol. The number of nitrogens with one attached hydrogen (secondary N) is 1. The summed E-state index contributed by atoms with van der Waals surface area (Å²) in [5.74, 6) is 1.81. The second kappa shape index (κ2) is 7.63. The zero-order valence-corrected chi connectivity index (χ0v) is 12.6. The Balaban J connectivity index is 2.03. The highest BCUT2D eigenvalue weighted by atomic mass is 35.5. The lowest BCUT2D eigenvalue weighted by Crippen LogP contribution is -2.14. The highest BCUT2D eigenvalue weighted by molar-refractivity contribution is 7.98. The van der Waals surface area contributed by atoms with Gasteiger partial charge in [0.1, 0.15) is 5.76 Å². The first kappa shape index (κ1) is 14.5. The first-order valence-electron chi connectivity index (χ1n) is 6.44. The molecule has 0 fully saturated rings. The van der Waals surface area contributed by atoms with Crippen molar-refractivity contribution in [3.05, 3.63) is 52.9 Å². The topological polar surface area (TPSA) is 25.2 Å². The molecule has 1 aromatic heterocycles. The molecule has 102 valence electrons. The lowest BCUT2D eigenvalue weighted by atomic mass is 10.2. The summed E-state index contributed by atoms with van der Waals surface area (Å²) in [7, 11) is 0. The highest BCUT2D eigenvalue weighted by Gasteiger charge is 2.08. The molecule has 0 spiro atoms. The zero-order chi connectivity index (χ0) is 13.5. The minimum atomic E-state index is 0.813. The van der Waals surface area contributed by atoms with Crippen LogP contribution in [0.3, 0.4) is 0 Å². The van der Waals surface area contributed by atoms with E-state index in [1.165, 1.54) is 10.5 Å². The Morgan fingerprint density at radius 1 is 1.26 bits per heavy atom. The molecule has 1 heterocycles. The van der Waals surface area contributed by atoms with Crippen LogP contribution in [0.25, 0.3) is 0 Å². The van der Waals surface area contributed by atoms with Crippen LogP contribution in [-0.4, -0.2) is 6.54 Å². The molecule has 0 unspecified atom stereocenters. The van der Waals surface area contributed by atoms with Crippen LogP contribution in [0, 0.1) is 0 Å². The third-order valence-electron chi connectivity index (χ3n) is 2.75. The maximum Gasteiger partial charge on any atom is 0.113 e. The van der Waals surface area contributed by atoms with E-state index in [9.17, 15) is 0 Å². The third-order valence-corrected chi connectivity index (χ3v) is 4.23. The van der Waals surface area contributed by atoms with Gasteiger partial charge in [-0.3, -0.25) is 0 Å². The van der Waals surface area contributed by atoms with E-state index < -0.39 is 0 Å². The quantitative estimate of drug-likeness (QED) is 0.591. The van der Waals surface area contributed by atoms with Gasteiger partial charge in [0.15, 0.2) is 0 Å². The molecule has 1 N–H and O–H groups in total. The van der Waals surface area contributed by atoms with E-state index in [4.69, 9.17) is 16.0 Å². The van der Waals surface area contributed by atoms with Crippen LogP contribution in [0.1, 0.15) is 24.7 Å². The maximum atomic E-state index is 6.29. The summed E-state index contributed by atoms with van der Waals surface area (Å²) >= 11 is 8.05. The summed E-state index contributed by atoms with van der Waals surface area (Å²) in [4.78, 5) is 1.22. The molecule has 1 aromatic carbocycles. The van der Waals surface area contributed by atoms with Crippen molar-refractivity contribution in [2.75, 3.05) is 6.54 Å². The number of hydrogen-bond acceptors (Lipinski definition) is 3. The van der Waals surface area contributed by atoms with Crippen LogP contribution in [0.15, 0.2) is 45.9 Å². The zero-order valence-electron chi connectivity index (χ0n) is 11.0. The SMILES string of the molecule is CCCNCc1c(Cl)cccc1SCc1ccco1. The number of thioether (sulfide) groups is 1. The average molecular weight is 296 g/mol. The van der Waals surface area contributed by atoms with Crippen molar-refractivity contribution in [1.82, 2.24) is 5.32 Å². The molecule has 0 saturated heterocycles. The van der Waals surface area contributed by atoms with E-state index in [1.54, 1.807) is 18.0 Å². The van der Waals surface area contributed by atoms with Gasteiger partial charge < -0.3 is 9.73 Å². The average Bonchev–Trinajstić information content (AvgIpc) is 2.92. The maximum absolute atomic E-state index is 6.29. The van der Waals surface area contributed by atoms with Crippen LogP contribution >= 0.6 is 23.4 Å². The summed E-state index contributed by atoms with van der Waals surface area (Å²) in [6.07, 6.45) is 2.83. The molecule has 19 heavy (non-hydrogen) atoms. The first-order chi connectivity index (χ1) is 9.31. The van der Waals surface area contributed by atoms with Gasteiger partial charge in [-0.1, -0.05) is 24.6 Å². The van der Waals surface area contributed by atoms with Gasteiger partial charge in [-0.15, -0.1) is 11.8 Å². The van der Waals surface area contributed by atoms with Crippen LogP contribution < -0.4 is 5.32 Å². The molecule has 0 atom stereocenters. The van der Waals surface area contributed by atoms with E-state index in [-0.39, 0.29) is 0 Å². The number of hydrogen-bond donors (Lipinski definition) is 1. The second-order valence-corrected chi connectivity index (χ2v) is 5.69. The second-order valence-electron chi connectivity index (χ2n) is 4.26. The van der Waals surface area contributed by atoms with Crippen LogP contribution in [0.5, 0.6) is 0 Å². The molecule has 0 aliphatic carbocycles. The summed E-state index contributed by atoms with van der Waals surface area (Å²) in [6, 6.07) is 9.96. The smallest absolute Gasteiger partial charge is 0.113 e. The third kappa shape index (κ3) is 4.30. The molecule has 0 amide bonds. The lowest BCUT2D eigenvalue weighted by Gasteiger charge is -2.11. The Morgan fingerprint density at radius 2 is 2.16 bits per heavy atom. The monoisotopic (exact) mass is 295 g/mol. The molecule has 2 nitrogen and oxygen atoms in total. The number of furan rings is 1. The first-order valence-corrected chi connectivity index (χ1v) is 7.81. The van der Waals surface area contributed by atoms with E-state index >= 15 is 0 Å². The van der Waals surface area contributed by atoms with Gasteiger partial charge in [0.2, 0.25) is 0 Å². The Hall–Kier alpha value is -0.900.